The van der Waals surface area contributed by atoms with Crippen LogP contribution in [-0.4, -0.2) is 43.2 Å². The Morgan fingerprint density at radius 2 is 2.00 bits per heavy atom. The summed E-state index contributed by atoms with van der Waals surface area (Å²) in [7, 11) is 0. The molecule has 4 nitrogen and oxygen atoms in total. The van der Waals surface area contributed by atoms with Crippen LogP contribution in [0, 0.1) is 5.41 Å². The molecule has 1 saturated heterocycles. The Morgan fingerprint density at radius 1 is 1.41 bits per heavy atom. The highest BCUT2D eigenvalue weighted by Crippen LogP contribution is 2.25. The molecule has 17 heavy (non-hydrogen) atoms. The first kappa shape index (κ1) is 14.5. The summed E-state index contributed by atoms with van der Waals surface area (Å²) >= 11 is 0. The zero-order chi connectivity index (χ0) is 12.9. The molecule has 1 unspecified atom stereocenters. The molecule has 0 aliphatic carbocycles. The van der Waals surface area contributed by atoms with E-state index in [0.29, 0.717) is 12.6 Å². The van der Waals surface area contributed by atoms with Crippen molar-refractivity contribution in [1.82, 2.24) is 4.90 Å². The molecule has 1 amide bonds. The second-order valence-corrected chi connectivity index (χ2v) is 5.07. The maximum Gasteiger partial charge on any atom is 0.229 e. The molecule has 1 fully saturated rings. The van der Waals surface area contributed by atoms with Crippen LogP contribution < -0.4 is 5.73 Å². The molecule has 1 atom stereocenters. The molecule has 1 aliphatic rings. The number of nitrogens with two attached hydrogens (primary N) is 1. The van der Waals surface area contributed by atoms with Gasteiger partial charge in [-0.05, 0) is 33.1 Å². The predicted molar refractivity (Wildman–Crippen MR) is 68.7 cm³/mol. The van der Waals surface area contributed by atoms with Gasteiger partial charge in [0.05, 0.1) is 11.5 Å². The van der Waals surface area contributed by atoms with Crippen LogP contribution in [0.4, 0.5) is 0 Å². The van der Waals surface area contributed by atoms with Crippen LogP contribution in [0.1, 0.15) is 40.0 Å². The van der Waals surface area contributed by atoms with Gasteiger partial charge in [-0.1, -0.05) is 6.92 Å². The standard InChI is InChI=1S/C13H26N2O2/c1-4-13(3,10-14)12(16)15-8-6-11(7-9-15)17-5-2/h11H,4-10,14H2,1-3H3. The minimum Gasteiger partial charge on any atom is -0.378 e. The average Bonchev–Trinajstić information content (AvgIpc) is 2.38. The van der Waals surface area contributed by atoms with Gasteiger partial charge in [-0.3, -0.25) is 4.79 Å². The third-order valence-corrected chi connectivity index (χ3v) is 3.88. The molecule has 0 radical (unpaired) electrons. The molecule has 0 bridgehead atoms. The monoisotopic (exact) mass is 242 g/mol. The van der Waals surface area contributed by atoms with Crippen molar-refractivity contribution >= 4 is 5.91 Å². The molecule has 0 spiro atoms. The molecule has 0 saturated carbocycles. The van der Waals surface area contributed by atoms with Crippen molar-refractivity contribution in [2.75, 3.05) is 26.2 Å². The zero-order valence-corrected chi connectivity index (χ0v) is 11.4. The van der Waals surface area contributed by atoms with Crippen LogP contribution in [0.5, 0.6) is 0 Å². The maximum atomic E-state index is 12.4. The number of nitrogens with zero attached hydrogens (tertiary/aromatic N) is 1. The summed E-state index contributed by atoms with van der Waals surface area (Å²) in [6.07, 6.45) is 3.02. The summed E-state index contributed by atoms with van der Waals surface area (Å²) in [4.78, 5) is 14.3. The van der Waals surface area contributed by atoms with Crippen LogP contribution in [-0.2, 0) is 9.53 Å². The van der Waals surface area contributed by atoms with Gasteiger partial charge in [-0.25, -0.2) is 0 Å². The second kappa shape index (κ2) is 6.36. The lowest BCUT2D eigenvalue weighted by Crippen LogP contribution is -2.49. The number of hydrogen-bond acceptors (Lipinski definition) is 3. The maximum absolute atomic E-state index is 12.4. The van der Waals surface area contributed by atoms with E-state index in [9.17, 15) is 4.79 Å². The number of piperidine rings is 1. The van der Waals surface area contributed by atoms with Gasteiger partial charge in [0.2, 0.25) is 5.91 Å². The van der Waals surface area contributed by atoms with Gasteiger partial charge in [-0.2, -0.15) is 0 Å². The van der Waals surface area contributed by atoms with Crippen LogP contribution in [0.3, 0.4) is 0 Å². The van der Waals surface area contributed by atoms with Gasteiger partial charge in [0.15, 0.2) is 0 Å². The van der Waals surface area contributed by atoms with Crippen molar-refractivity contribution in [3.63, 3.8) is 0 Å². The largest absolute Gasteiger partial charge is 0.378 e. The summed E-state index contributed by atoms with van der Waals surface area (Å²) in [6.45, 7) is 8.79. The quantitative estimate of drug-likeness (QED) is 0.792. The zero-order valence-electron chi connectivity index (χ0n) is 11.4. The normalized spacial score (nSPS) is 21.3. The minimum absolute atomic E-state index is 0.206. The van der Waals surface area contributed by atoms with E-state index in [0.717, 1.165) is 39.0 Å². The average molecular weight is 242 g/mol. The summed E-state index contributed by atoms with van der Waals surface area (Å²) in [5.41, 5.74) is 5.34. The van der Waals surface area contributed by atoms with E-state index in [1.165, 1.54) is 0 Å². The van der Waals surface area contributed by atoms with E-state index in [4.69, 9.17) is 10.5 Å². The third-order valence-electron chi connectivity index (χ3n) is 3.88. The van der Waals surface area contributed by atoms with Crippen LogP contribution in [0.25, 0.3) is 0 Å². The Hall–Kier alpha value is -0.610. The first-order valence-electron chi connectivity index (χ1n) is 6.68. The highest BCUT2D eigenvalue weighted by Gasteiger charge is 2.35. The molecule has 0 aromatic rings. The van der Waals surface area contributed by atoms with Gasteiger partial charge in [0, 0.05) is 26.2 Å². The first-order chi connectivity index (χ1) is 8.07. The topological polar surface area (TPSA) is 55.6 Å². The van der Waals surface area contributed by atoms with Crippen molar-refractivity contribution in [3.05, 3.63) is 0 Å². The Kier molecular flexibility index (Phi) is 5.40. The van der Waals surface area contributed by atoms with Crippen LogP contribution in [0.15, 0.2) is 0 Å². The number of likely N-dealkylation sites (tertiary alicyclic amines) is 1. The molecular weight excluding hydrogens is 216 g/mol. The van der Waals surface area contributed by atoms with E-state index in [1.54, 1.807) is 0 Å². The van der Waals surface area contributed by atoms with E-state index < -0.39 is 5.41 Å². The molecule has 0 aromatic heterocycles. The Labute approximate surface area is 104 Å². The minimum atomic E-state index is -0.390. The van der Waals surface area contributed by atoms with Crippen molar-refractivity contribution in [2.45, 2.75) is 46.1 Å². The molecule has 100 valence electrons. The second-order valence-electron chi connectivity index (χ2n) is 5.07. The molecular formula is C13H26N2O2. The van der Waals surface area contributed by atoms with Gasteiger partial charge in [0.1, 0.15) is 0 Å². The fourth-order valence-corrected chi connectivity index (χ4v) is 2.23. The van der Waals surface area contributed by atoms with Gasteiger partial charge >= 0.3 is 0 Å². The summed E-state index contributed by atoms with van der Waals surface area (Å²) in [6, 6.07) is 0. The number of carbonyl (C=O) groups excluding carboxylic acids is 1. The summed E-state index contributed by atoms with van der Waals surface area (Å²) in [5, 5.41) is 0. The molecule has 1 aliphatic heterocycles. The van der Waals surface area contributed by atoms with Crippen molar-refractivity contribution in [1.29, 1.82) is 0 Å². The summed E-state index contributed by atoms with van der Waals surface area (Å²) in [5.74, 6) is 0.206. The number of rotatable bonds is 5. The Morgan fingerprint density at radius 3 is 2.41 bits per heavy atom. The third kappa shape index (κ3) is 3.42. The lowest BCUT2D eigenvalue weighted by molar-refractivity contribution is -0.143. The Balaban J connectivity index is 2.51. The van der Waals surface area contributed by atoms with Crippen LogP contribution in [0.2, 0.25) is 0 Å². The highest BCUT2D eigenvalue weighted by atomic mass is 16.5. The molecule has 0 aromatic carbocycles. The van der Waals surface area contributed by atoms with Gasteiger partial charge in [-0.15, -0.1) is 0 Å². The van der Waals surface area contributed by atoms with E-state index in [1.807, 2.05) is 25.7 Å². The predicted octanol–water partition coefficient (Wildman–Crippen LogP) is 1.39. The lowest BCUT2D eigenvalue weighted by atomic mass is 9.85. The van der Waals surface area contributed by atoms with Crippen molar-refractivity contribution in [3.8, 4) is 0 Å². The number of carbonyl (C=O) groups is 1. The highest BCUT2D eigenvalue weighted by molar-refractivity contribution is 5.82. The molecule has 1 heterocycles. The van der Waals surface area contributed by atoms with E-state index in [2.05, 4.69) is 0 Å². The van der Waals surface area contributed by atoms with Crippen molar-refractivity contribution in [2.24, 2.45) is 11.1 Å². The SMILES string of the molecule is CCOC1CCN(C(=O)C(C)(CC)CN)CC1. The van der Waals surface area contributed by atoms with E-state index >= 15 is 0 Å². The van der Waals surface area contributed by atoms with Crippen LogP contribution >= 0.6 is 0 Å². The van der Waals surface area contributed by atoms with Gasteiger partial charge < -0.3 is 15.4 Å². The first-order valence-corrected chi connectivity index (χ1v) is 6.68. The Bertz CT molecular complexity index is 244. The molecule has 2 N–H and O–H groups in total. The number of hydrogen-bond donors (Lipinski definition) is 1. The summed E-state index contributed by atoms with van der Waals surface area (Å²) < 4.78 is 5.59. The number of ether oxygens (including phenoxy) is 1. The van der Waals surface area contributed by atoms with E-state index in [-0.39, 0.29) is 5.91 Å². The molecule has 1 rings (SSSR count). The van der Waals surface area contributed by atoms with Gasteiger partial charge in [0.25, 0.3) is 0 Å². The fraction of sp³-hybridized carbons (Fsp3) is 0.923. The number of amides is 1. The molecule has 4 heteroatoms. The van der Waals surface area contributed by atoms with Crippen molar-refractivity contribution < 1.29 is 9.53 Å². The fourth-order valence-electron chi connectivity index (χ4n) is 2.23. The smallest absolute Gasteiger partial charge is 0.229 e. The lowest BCUT2D eigenvalue weighted by Gasteiger charge is -2.37.